The molecule has 156 valence electrons. The van der Waals surface area contributed by atoms with Crippen molar-refractivity contribution in [3.63, 3.8) is 0 Å². The summed E-state index contributed by atoms with van der Waals surface area (Å²) in [5.41, 5.74) is 6.11. The zero-order chi connectivity index (χ0) is 21.8. The van der Waals surface area contributed by atoms with E-state index in [9.17, 15) is 18.8 Å². The Hall–Kier alpha value is -3.04. The monoisotopic (exact) mass is 450 g/mol. The van der Waals surface area contributed by atoms with Gasteiger partial charge >= 0.3 is 0 Å². The third kappa shape index (κ3) is 4.92. The van der Waals surface area contributed by atoms with Gasteiger partial charge in [0.2, 0.25) is 0 Å². The molecule has 0 spiro atoms. The Morgan fingerprint density at radius 3 is 2.67 bits per heavy atom. The van der Waals surface area contributed by atoms with E-state index in [0.717, 1.165) is 22.7 Å². The molecular weight excluding hydrogens is 435 g/mol. The number of primary amides is 1. The number of imide groups is 1. The van der Waals surface area contributed by atoms with Crippen LogP contribution in [0.5, 0.6) is 11.5 Å². The fraction of sp³-hybridized carbons (Fsp3) is 0.150. The molecule has 7 nitrogen and oxygen atoms in total. The minimum absolute atomic E-state index is 0.0651. The van der Waals surface area contributed by atoms with E-state index in [1.165, 1.54) is 25.3 Å². The summed E-state index contributed by atoms with van der Waals surface area (Å²) in [6.07, 6.45) is 1.54. The highest BCUT2D eigenvalue weighted by Crippen LogP contribution is 2.36. The Morgan fingerprint density at radius 2 is 2.00 bits per heavy atom. The van der Waals surface area contributed by atoms with Crippen LogP contribution in [0.4, 0.5) is 9.18 Å². The second-order valence-corrected chi connectivity index (χ2v) is 7.57. The molecule has 0 aliphatic carbocycles. The summed E-state index contributed by atoms with van der Waals surface area (Å²) in [5, 5.41) is -0.325. The molecule has 30 heavy (non-hydrogen) atoms. The van der Waals surface area contributed by atoms with Crippen LogP contribution in [0.25, 0.3) is 6.08 Å². The molecular formula is C20H16ClFN2O5S. The van der Waals surface area contributed by atoms with Crippen LogP contribution in [0.15, 0.2) is 41.3 Å². The average Bonchev–Trinajstić information content (AvgIpc) is 2.96. The Balaban J connectivity index is 1.80. The maximum atomic E-state index is 13.2. The normalized spacial score (nSPS) is 15.0. The molecule has 1 heterocycles. The van der Waals surface area contributed by atoms with Gasteiger partial charge in [-0.2, -0.15) is 0 Å². The van der Waals surface area contributed by atoms with Crippen molar-refractivity contribution in [2.45, 2.75) is 6.54 Å². The van der Waals surface area contributed by atoms with Crippen LogP contribution < -0.4 is 15.2 Å². The quantitative estimate of drug-likeness (QED) is 0.647. The van der Waals surface area contributed by atoms with E-state index in [0.29, 0.717) is 22.6 Å². The summed E-state index contributed by atoms with van der Waals surface area (Å²) in [6.45, 7) is -0.370. The van der Waals surface area contributed by atoms with E-state index >= 15 is 0 Å². The smallest absolute Gasteiger partial charge is 0.293 e. The number of benzene rings is 2. The first-order chi connectivity index (χ1) is 14.3. The number of thioether (sulfide) groups is 1. The van der Waals surface area contributed by atoms with Crippen molar-refractivity contribution in [2.24, 2.45) is 5.73 Å². The summed E-state index contributed by atoms with van der Waals surface area (Å²) in [5.74, 6) is -0.973. The number of hydrogen-bond acceptors (Lipinski definition) is 6. The predicted molar refractivity (Wildman–Crippen MR) is 111 cm³/mol. The number of halogens is 2. The van der Waals surface area contributed by atoms with Crippen molar-refractivity contribution in [2.75, 3.05) is 13.7 Å². The number of carbonyl (C=O) groups is 3. The number of methoxy groups -OCH3 is 1. The van der Waals surface area contributed by atoms with Crippen molar-refractivity contribution in [1.82, 2.24) is 4.90 Å². The first-order valence-electron chi connectivity index (χ1n) is 8.57. The first kappa shape index (κ1) is 21.7. The summed E-state index contributed by atoms with van der Waals surface area (Å²) >= 11 is 6.78. The molecule has 1 fully saturated rings. The zero-order valence-electron chi connectivity index (χ0n) is 15.7. The Morgan fingerprint density at radius 1 is 1.23 bits per heavy atom. The molecule has 3 rings (SSSR count). The van der Waals surface area contributed by atoms with Crippen molar-refractivity contribution >= 4 is 46.5 Å². The SMILES string of the molecule is COc1cc(/C=C2\SC(=O)N(Cc3ccc(F)cc3Cl)C2=O)ccc1OCC(N)=O. The van der Waals surface area contributed by atoms with Gasteiger partial charge in [-0.05, 0) is 53.2 Å². The van der Waals surface area contributed by atoms with Crippen LogP contribution in [-0.2, 0) is 16.1 Å². The number of ether oxygens (including phenoxy) is 2. The van der Waals surface area contributed by atoms with Gasteiger partial charge in [0, 0.05) is 5.02 Å². The van der Waals surface area contributed by atoms with Gasteiger partial charge in [0.1, 0.15) is 5.82 Å². The van der Waals surface area contributed by atoms with E-state index in [1.54, 1.807) is 18.2 Å². The van der Waals surface area contributed by atoms with E-state index in [2.05, 4.69) is 0 Å². The molecule has 1 saturated heterocycles. The van der Waals surface area contributed by atoms with Crippen LogP contribution in [0.3, 0.4) is 0 Å². The van der Waals surface area contributed by atoms with Gasteiger partial charge in [-0.3, -0.25) is 19.3 Å². The predicted octanol–water partition coefficient (Wildman–Crippen LogP) is 3.59. The van der Waals surface area contributed by atoms with E-state index in [4.69, 9.17) is 26.8 Å². The van der Waals surface area contributed by atoms with Crippen LogP contribution in [0.1, 0.15) is 11.1 Å². The molecule has 1 aliphatic heterocycles. The summed E-state index contributed by atoms with van der Waals surface area (Å²) in [6, 6.07) is 8.57. The number of amides is 3. The third-order valence-electron chi connectivity index (χ3n) is 4.07. The van der Waals surface area contributed by atoms with E-state index in [1.807, 2.05) is 0 Å². The lowest BCUT2D eigenvalue weighted by Gasteiger charge is -2.13. The van der Waals surface area contributed by atoms with Crippen LogP contribution in [0, 0.1) is 5.82 Å². The molecule has 2 aromatic rings. The highest BCUT2D eigenvalue weighted by Gasteiger charge is 2.35. The van der Waals surface area contributed by atoms with Crippen molar-refractivity contribution in [3.05, 3.63) is 63.3 Å². The molecule has 10 heteroatoms. The fourth-order valence-corrected chi connectivity index (χ4v) is 3.72. The van der Waals surface area contributed by atoms with Crippen LogP contribution in [-0.4, -0.2) is 35.7 Å². The van der Waals surface area contributed by atoms with Gasteiger partial charge in [0.25, 0.3) is 17.1 Å². The Labute approximate surface area is 180 Å². The van der Waals surface area contributed by atoms with Gasteiger partial charge < -0.3 is 15.2 Å². The van der Waals surface area contributed by atoms with E-state index in [-0.39, 0.29) is 23.1 Å². The third-order valence-corrected chi connectivity index (χ3v) is 5.33. The molecule has 0 aromatic heterocycles. The fourth-order valence-electron chi connectivity index (χ4n) is 2.65. The molecule has 0 atom stereocenters. The Kier molecular flexibility index (Phi) is 6.63. The summed E-state index contributed by atoms with van der Waals surface area (Å²) in [7, 11) is 1.43. The van der Waals surface area contributed by atoms with Crippen molar-refractivity contribution < 1.29 is 28.2 Å². The second-order valence-electron chi connectivity index (χ2n) is 6.17. The number of rotatable bonds is 7. The largest absolute Gasteiger partial charge is 0.493 e. The minimum atomic E-state index is -0.629. The highest BCUT2D eigenvalue weighted by molar-refractivity contribution is 8.18. The van der Waals surface area contributed by atoms with Crippen molar-refractivity contribution in [1.29, 1.82) is 0 Å². The standard InChI is InChI=1S/C20H16ClFN2O5S/c1-28-16-6-11(2-5-15(16)29-10-18(23)25)7-17-19(26)24(20(27)30-17)9-12-3-4-13(22)8-14(12)21/h2-8H,9-10H2,1H3,(H2,23,25)/b17-7-. The Bertz CT molecular complexity index is 1060. The molecule has 0 radical (unpaired) electrons. The van der Waals surface area contributed by atoms with Crippen molar-refractivity contribution in [3.8, 4) is 11.5 Å². The molecule has 2 aromatic carbocycles. The average molecular weight is 451 g/mol. The van der Waals surface area contributed by atoms with Gasteiger partial charge in [-0.15, -0.1) is 0 Å². The number of hydrogen-bond donors (Lipinski definition) is 1. The second kappa shape index (κ2) is 9.19. The topological polar surface area (TPSA) is 98.9 Å². The van der Waals surface area contributed by atoms with Gasteiger partial charge in [-0.1, -0.05) is 23.7 Å². The summed E-state index contributed by atoms with van der Waals surface area (Å²) < 4.78 is 23.7. The maximum absolute atomic E-state index is 13.2. The van der Waals surface area contributed by atoms with Crippen LogP contribution >= 0.6 is 23.4 Å². The maximum Gasteiger partial charge on any atom is 0.293 e. The molecule has 1 aliphatic rings. The number of nitrogens with two attached hydrogens (primary N) is 1. The first-order valence-corrected chi connectivity index (χ1v) is 9.76. The molecule has 3 amide bonds. The lowest BCUT2D eigenvalue weighted by Crippen LogP contribution is -2.27. The minimum Gasteiger partial charge on any atom is -0.493 e. The highest BCUT2D eigenvalue weighted by atomic mass is 35.5. The van der Waals surface area contributed by atoms with Gasteiger partial charge in [0.15, 0.2) is 18.1 Å². The van der Waals surface area contributed by atoms with Gasteiger partial charge in [-0.25, -0.2) is 4.39 Å². The number of carbonyl (C=O) groups excluding carboxylic acids is 3. The lowest BCUT2D eigenvalue weighted by atomic mass is 10.1. The van der Waals surface area contributed by atoms with E-state index < -0.39 is 22.9 Å². The number of nitrogens with zero attached hydrogens (tertiary/aromatic N) is 1. The molecule has 0 saturated carbocycles. The summed E-state index contributed by atoms with van der Waals surface area (Å²) in [4.78, 5) is 37.1. The van der Waals surface area contributed by atoms with Gasteiger partial charge in [0.05, 0.1) is 18.6 Å². The lowest BCUT2D eigenvalue weighted by molar-refractivity contribution is -0.123. The zero-order valence-corrected chi connectivity index (χ0v) is 17.3. The molecule has 0 unspecified atom stereocenters. The molecule has 2 N–H and O–H groups in total. The van der Waals surface area contributed by atoms with Crippen LogP contribution in [0.2, 0.25) is 5.02 Å². The molecule has 0 bridgehead atoms.